The van der Waals surface area contributed by atoms with E-state index < -0.39 is 28.8 Å². The Labute approximate surface area is 215 Å². The molecule has 4 heterocycles. The van der Waals surface area contributed by atoms with Crippen LogP contribution in [0, 0.1) is 0 Å². The maximum absolute atomic E-state index is 10.8. The van der Waals surface area contributed by atoms with E-state index in [1.54, 1.807) is 52.1 Å². The lowest BCUT2D eigenvalue weighted by Crippen LogP contribution is -2.16. The van der Waals surface area contributed by atoms with Gasteiger partial charge in [0.1, 0.15) is 18.5 Å². The highest BCUT2D eigenvalue weighted by atomic mass is 127. The monoisotopic (exact) mass is 630 g/mol. The number of ether oxygens (including phenoxy) is 1. The van der Waals surface area contributed by atoms with Gasteiger partial charge in [-0.2, -0.15) is 0 Å². The summed E-state index contributed by atoms with van der Waals surface area (Å²) in [5.74, 6) is 0.970. The van der Waals surface area contributed by atoms with Crippen LogP contribution in [0.2, 0.25) is 5.15 Å². The number of nitrogens with two attached hydrogens (primary N) is 1. The second-order valence-electron chi connectivity index (χ2n) is 7.12. The van der Waals surface area contributed by atoms with Crippen LogP contribution in [0.1, 0.15) is 22.6 Å². The van der Waals surface area contributed by atoms with Gasteiger partial charge in [-0.15, -0.1) is 0 Å². The first-order valence-electron chi connectivity index (χ1n) is 10.0. The number of phosphoric ester groups is 1. The van der Waals surface area contributed by atoms with Crippen molar-refractivity contribution in [3.63, 3.8) is 0 Å². The summed E-state index contributed by atoms with van der Waals surface area (Å²) in [7, 11) is -4.82. The van der Waals surface area contributed by atoms with Crippen molar-refractivity contribution in [3.8, 4) is 5.88 Å². The molecule has 1 aliphatic rings. The Hall–Kier alpha value is -2.45. The third kappa shape index (κ3) is 7.77. The molecule has 1 atom stereocenters. The number of pyridine rings is 2. The number of halogens is 2. The van der Waals surface area contributed by atoms with Crippen LogP contribution in [0.15, 0.2) is 65.6 Å². The van der Waals surface area contributed by atoms with Crippen molar-refractivity contribution in [3.05, 3.63) is 88.8 Å². The van der Waals surface area contributed by atoms with Gasteiger partial charge in [-0.3, -0.25) is 14.8 Å². The van der Waals surface area contributed by atoms with Gasteiger partial charge < -0.3 is 22.2 Å². The molecule has 0 saturated heterocycles. The molecule has 4 rings (SSSR count). The second-order valence-corrected chi connectivity index (χ2v) is 11.6. The lowest BCUT2D eigenvalue weighted by Gasteiger charge is -2.20. The number of aromatic nitrogens is 3. The summed E-state index contributed by atoms with van der Waals surface area (Å²) in [5.41, 5.74) is 9.38. The van der Waals surface area contributed by atoms with Crippen molar-refractivity contribution in [1.29, 1.82) is 0 Å². The molecule has 3 N–H and O–H groups in total. The van der Waals surface area contributed by atoms with Gasteiger partial charge in [0.15, 0.2) is 5.76 Å². The summed E-state index contributed by atoms with van der Waals surface area (Å²) in [6, 6.07) is 9.01. The van der Waals surface area contributed by atoms with E-state index in [-0.39, 0.29) is 6.73 Å². The second kappa shape index (κ2) is 11.5. The predicted octanol–water partition coefficient (Wildman–Crippen LogP) is 2.91. The lowest BCUT2D eigenvalue weighted by molar-refractivity contribution is -0.221. The molecule has 0 bridgehead atoms. The third-order valence-corrected chi connectivity index (χ3v) is 7.47. The minimum atomic E-state index is -4.82. The van der Waals surface area contributed by atoms with Gasteiger partial charge in [-0.05, 0) is 35.4 Å². The third-order valence-electron chi connectivity index (χ3n) is 4.50. The topological polar surface area (TPSA) is 160 Å². The molecule has 0 spiro atoms. The average molecular weight is 631 g/mol. The fraction of sp³-hybridized carbons (Fsp3) is 0.143. The summed E-state index contributed by atoms with van der Waals surface area (Å²) in [4.78, 5) is 27.9. The highest BCUT2D eigenvalue weighted by Crippen LogP contribution is 2.32. The van der Waals surface area contributed by atoms with Crippen molar-refractivity contribution in [2.24, 2.45) is 5.73 Å². The van der Waals surface area contributed by atoms with Crippen molar-refractivity contribution >= 4 is 49.6 Å². The first kappa shape index (κ1) is 25.6. The zero-order valence-corrected chi connectivity index (χ0v) is 21.8. The van der Waals surface area contributed by atoms with Gasteiger partial charge in [0.25, 0.3) is 7.82 Å². The van der Waals surface area contributed by atoms with E-state index in [9.17, 15) is 9.46 Å². The molecule has 3 aromatic rings. The molecule has 1 aliphatic heterocycles. The minimum absolute atomic E-state index is 0.324. The molecule has 0 radical (unpaired) electrons. The van der Waals surface area contributed by atoms with Crippen molar-refractivity contribution < 1.29 is 28.1 Å². The van der Waals surface area contributed by atoms with E-state index in [4.69, 9.17) is 31.5 Å². The van der Waals surface area contributed by atoms with E-state index in [0.717, 1.165) is 11.1 Å². The Bertz CT molecular complexity index is 1320. The van der Waals surface area contributed by atoms with Crippen LogP contribution < -0.4 is 15.4 Å². The number of rotatable bonds is 9. The molecule has 184 valence electrons. The summed E-state index contributed by atoms with van der Waals surface area (Å²) in [6.45, 7) is -0.00135. The molecule has 35 heavy (non-hydrogen) atoms. The molecule has 1 unspecified atom stereocenters. The van der Waals surface area contributed by atoms with E-state index in [1.165, 1.54) is 0 Å². The number of hydrogen-bond acceptors (Lipinski definition) is 10. The van der Waals surface area contributed by atoms with Crippen LogP contribution in [0.5, 0.6) is 5.88 Å². The predicted molar refractivity (Wildman–Crippen MR) is 135 cm³/mol. The Morgan fingerprint density at radius 2 is 2.11 bits per heavy atom. The van der Waals surface area contributed by atoms with Crippen LogP contribution >= 0.6 is 40.4 Å². The molecule has 0 fully saturated rings. The van der Waals surface area contributed by atoms with E-state index >= 15 is 0 Å². The van der Waals surface area contributed by atoms with Gasteiger partial charge in [-0.25, -0.2) is 9.97 Å². The standard InChI is InChI=1S/C21H20ClIN5O6P/c22-19-9-15(5-6-25-19)12-32-20-4-3-14(11-26-20)8-16-10-18(34-27-16)17-2-1-7-28(23-21(17)24)13-33-35(29,30)31/h1-7,9-11H,8,12-13,24H2,(H2,29,30,31)/p-1. The Morgan fingerprint density at radius 3 is 2.86 bits per heavy atom. The lowest BCUT2D eigenvalue weighted by atomic mass is 10.1. The molecule has 11 nitrogen and oxygen atoms in total. The van der Waals surface area contributed by atoms with E-state index in [0.29, 0.717) is 44.7 Å². The van der Waals surface area contributed by atoms with Gasteiger partial charge in [0, 0.05) is 63.7 Å². The molecular weight excluding hydrogens is 612 g/mol. The van der Waals surface area contributed by atoms with Gasteiger partial charge in [-0.1, -0.05) is 22.8 Å². The molecular formula is C21H19ClIN5O6P-. The number of phosphoric acid groups is 1. The Kier molecular flexibility index (Phi) is 8.44. The van der Waals surface area contributed by atoms with Crippen molar-refractivity contribution in [1.82, 2.24) is 18.2 Å². The van der Waals surface area contributed by atoms with Gasteiger partial charge >= 0.3 is 0 Å². The maximum Gasteiger partial charge on any atom is 0.267 e. The van der Waals surface area contributed by atoms with Crippen LogP contribution in [0.4, 0.5) is 0 Å². The van der Waals surface area contributed by atoms with Crippen LogP contribution in [-0.4, -0.2) is 33.5 Å². The van der Waals surface area contributed by atoms with Gasteiger partial charge in [0.2, 0.25) is 5.88 Å². The quantitative estimate of drug-likeness (QED) is 0.155. The Morgan fingerprint density at radius 1 is 1.26 bits per heavy atom. The highest BCUT2D eigenvalue weighted by Gasteiger charge is 2.16. The first-order valence-corrected chi connectivity index (χ1v) is 13.9. The first-order chi connectivity index (χ1) is 16.7. The highest BCUT2D eigenvalue weighted by molar-refractivity contribution is 14.2. The fourth-order valence-electron chi connectivity index (χ4n) is 2.92. The van der Waals surface area contributed by atoms with Crippen molar-refractivity contribution in [2.75, 3.05) is 6.73 Å². The fourth-order valence-corrected chi connectivity index (χ4v) is 5.61. The number of allylic oxidation sites excluding steroid dienone is 2. The largest absolute Gasteiger partial charge is 0.756 e. The van der Waals surface area contributed by atoms with E-state index in [1.807, 2.05) is 12.1 Å². The molecule has 0 saturated carbocycles. The zero-order valence-electron chi connectivity index (χ0n) is 18.0. The zero-order chi connectivity index (χ0) is 24.8. The van der Waals surface area contributed by atoms with E-state index in [2.05, 4.69) is 19.6 Å². The smallest absolute Gasteiger partial charge is 0.267 e. The SMILES string of the molecule is NC1=IN(COP(=O)([O-])O)C=CC=C1c1cc(Cc2ccc(OCc3ccnc(Cl)c3)nc2)no1. The van der Waals surface area contributed by atoms with Crippen LogP contribution in [0.25, 0.3) is 5.57 Å². The maximum atomic E-state index is 10.8. The average Bonchev–Trinajstić information content (AvgIpc) is 3.18. The van der Waals surface area contributed by atoms with Crippen molar-refractivity contribution in [2.45, 2.75) is 13.0 Å². The normalized spacial score (nSPS) is 15.5. The summed E-state index contributed by atoms with van der Waals surface area (Å²) in [5, 5.41) is 4.53. The summed E-state index contributed by atoms with van der Waals surface area (Å²) in [6.07, 6.45) is 8.89. The summed E-state index contributed by atoms with van der Waals surface area (Å²) < 4.78 is 28.6. The number of hydrogen-bond donors (Lipinski definition) is 2. The molecule has 0 aromatic carbocycles. The molecule has 14 heteroatoms. The van der Waals surface area contributed by atoms with Crippen LogP contribution in [0.3, 0.4) is 0 Å². The number of nitrogens with zero attached hydrogens (tertiary/aromatic N) is 4. The van der Waals surface area contributed by atoms with Gasteiger partial charge in [0.05, 0.1) is 9.33 Å². The Balaban J connectivity index is 1.36. The molecule has 0 aliphatic carbocycles. The molecule has 3 aromatic heterocycles. The van der Waals surface area contributed by atoms with Crippen LogP contribution in [-0.2, 0) is 22.1 Å². The minimum Gasteiger partial charge on any atom is -0.756 e. The molecule has 0 amide bonds. The summed E-state index contributed by atoms with van der Waals surface area (Å²) >= 11 is 4.91.